The second kappa shape index (κ2) is 3.49. The highest BCUT2D eigenvalue weighted by atomic mass is 16.2. The molecule has 0 bridgehead atoms. The quantitative estimate of drug-likeness (QED) is 0.721. The Balaban J connectivity index is 2.55. The van der Waals surface area contributed by atoms with E-state index in [1.54, 1.807) is 0 Å². The molecule has 3 nitrogen and oxygen atoms in total. The highest BCUT2D eigenvalue weighted by Crippen LogP contribution is 2.38. The van der Waals surface area contributed by atoms with E-state index in [2.05, 4.69) is 37.5 Å². The Morgan fingerprint density at radius 1 is 1.18 bits per heavy atom. The monoisotopic (exact) mass is 232 g/mol. The Hall–Kier alpha value is -1.51. The average molecular weight is 232 g/mol. The molecular weight excluding hydrogens is 212 g/mol. The van der Waals surface area contributed by atoms with E-state index in [9.17, 15) is 4.79 Å². The molecule has 0 radical (unpaired) electrons. The van der Waals surface area contributed by atoms with Crippen molar-refractivity contribution in [2.45, 2.75) is 45.6 Å². The van der Waals surface area contributed by atoms with Crippen LogP contribution in [0.5, 0.6) is 0 Å². The first kappa shape index (κ1) is 12.0. The largest absolute Gasteiger partial charge is 0.370 e. The van der Waals surface area contributed by atoms with Gasteiger partial charge in [-0.05, 0) is 30.9 Å². The van der Waals surface area contributed by atoms with Gasteiger partial charge in [0.25, 0.3) is 0 Å². The van der Waals surface area contributed by atoms with Crippen molar-refractivity contribution in [3.8, 4) is 0 Å². The molecule has 1 aliphatic heterocycles. The zero-order chi connectivity index (χ0) is 12.8. The number of benzene rings is 1. The van der Waals surface area contributed by atoms with Gasteiger partial charge in [-0.2, -0.15) is 0 Å². The van der Waals surface area contributed by atoms with E-state index in [0.29, 0.717) is 0 Å². The van der Waals surface area contributed by atoms with Gasteiger partial charge in [0, 0.05) is 0 Å². The van der Waals surface area contributed by atoms with Crippen LogP contribution < -0.4 is 10.6 Å². The molecule has 1 aromatic rings. The van der Waals surface area contributed by atoms with Crippen LogP contribution in [0.25, 0.3) is 0 Å². The molecule has 0 aromatic heterocycles. The Labute approximate surface area is 103 Å². The molecule has 1 aromatic carbocycles. The molecule has 0 aliphatic carbocycles. The van der Waals surface area contributed by atoms with Crippen molar-refractivity contribution in [3.05, 3.63) is 23.8 Å². The topological polar surface area (TPSA) is 41.1 Å². The van der Waals surface area contributed by atoms with Crippen LogP contribution in [0, 0.1) is 0 Å². The van der Waals surface area contributed by atoms with Crippen LogP contribution in [-0.4, -0.2) is 11.4 Å². The maximum absolute atomic E-state index is 12.0. The normalized spacial score (nSPS) is 18.1. The third-order valence-electron chi connectivity index (χ3n) is 3.13. The summed E-state index contributed by atoms with van der Waals surface area (Å²) >= 11 is 0. The van der Waals surface area contributed by atoms with Crippen LogP contribution in [0.4, 0.5) is 11.4 Å². The van der Waals surface area contributed by atoms with Crippen LogP contribution >= 0.6 is 0 Å². The molecule has 0 saturated carbocycles. The fourth-order valence-corrected chi connectivity index (χ4v) is 2.08. The van der Waals surface area contributed by atoms with Crippen LogP contribution in [0.15, 0.2) is 18.2 Å². The summed E-state index contributed by atoms with van der Waals surface area (Å²) < 4.78 is 0. The molecule has 1 amide bonds. The number of hydrogen-bond donors (Lipinski definition) is 2. The van der Waals surface area contributed by atoms with Gasteiger partial charge in [-0.1, -0.05) is 32.9 Å². The zero-order valence-electron chi connectivity index (χ0n) is 11.1. The molecule has 92 valence electrons. The summed E-state index contributed by atoms with van der Waals surface area (Å²) in [5, 5.41) is 6.31. The first-order valence-corrected chi connectivity index (χ1v) is 5.95. The molecule has 17 heavy (non-hydrogen) atoms. The van der Waals surface area contributed by atoms with Gasteiger partial charge >= 0.3 is 0 Å². The SMILES string of the molecule is CC1(C)Nc2cccc(C(C)(C)C)c2NC1=O. The first-order chi connectivity index (χ1) is 7.72. The highest BCUT2D eigenvalue weighted by molar-refractivity contribution is 6.06. The fraction of sp³-hybridized carbons (Fsp3) is 0.500. The number of para-hydroxylation sites is 1. The van der Waals surface area contributed by atoms with Crippen molar-refractivity contribution in [2.75, 3.05) is 10.6 Å². The summed E-state index contributed by atoms with van der Waals surface area (Å²) in [4.78, 5) is 12.0. The summed E-state index contributed by atoms with van der Waals surface area (Å²) in [6.07, 6.45) is 0. The van der Waals surface area contributed by atoms with Gasteiger partial charge in [-0.3, -0.25) is 4.79 Å². The molecule has 2 N–H and O–H groups in total. The van der Waals surface area contributed by atoms with Gasteiger partial charge in [0.2, 0.25) is 5.91 Å². The number of hydrogen-bond acceptors (Lipinski definition) is 2. The molecule has 2 rings (SSSR count). The van der Waals surface area contributed by atoms with Crippen LogP contribution in [0.3, 0.4) is 0 Å². The Morgan fingerprint density at radius 2 is 1.82 bits per heavy atom. The molecule has 1 heterocycles. The number of fused-ring (bicyclic) bond motifs is 1. The van der Waals surface area contributed by atoms with E-state index in [1.165, 1.54) is 0 Å². The Morgan fingerprint density at radius 3 is 2.41 bits per heavy atom. The number of anilines is 2. The second-order valence-corrected chi connectivity index (χ2v) is 6.18. The fourth-order valence-electron chi connectivity index (χ4n) is 2.08. The third kappa shape index (κ3) is 2.02. The maximum Gasteiger partial charge on any atom is 0.249 e. The average Bonchev–Trinajstić information content (AvgIpc) is 2.16. The molecule has 0 unspecified atom stereocenters. The molecule has 3 heteroatoms. The van der Waals surface area contributed by atoms with E-state index in [1.807, 2.05) is 26.0 Å². The summed E-state index contributed by atoms with van der Waals surface area (Å²) in [5.41, 5.74) is 2.54. The number of carbonyl (C=O) groups is 1. The zero-order valence-corrected chi connectivity index (χ0v) is 11.1. The lowest BCUT2D eigenvalue weighted by molar-refractivity contribution is -0.119. The molecular formula is C14H20N2O. The van der Waals surface area contributed by atoms with E-state index in [4.69, 9.17) is 0 Å². The smallest absolute Gasteiger partial charge is 0.249 e. The lowest BCUT2D eigenvalue weighted by Crippen LogP contribution is -2.48. The van der Waals surface area contributed by atoms with Crippen molar-refractivity contribution in [3.63, 3.8) is 0 Å². The van der Waals surface area contributed by atoms with Gasteiger partial charge in [0.05, 0.1) is 11.4 Å². The predicted molar refractivity (Wildman–Crippen MR) is 71.5 cm³/mol. The van der Waals surface area contributed by atoms with Crippen LogP contribution in [0.1, 0.15) is 40.2 Å². The number of amides is 1. The summed E-state index contributed by atoms with van der Waals surface area (Å²) in [5.74, 6) is 0.0155. The van der Waals surface area contributed by atoms with E-state index >= 15 is 0 Å². The van der Waals surface area contributed by atoms with Gasteiger partial charge in [-0.25, -0.2) is 0 Å². The second-order valence-electron chi connectivity index (χ2n) is 6.18. The van der Waals surface area contributed by atoms with Gasteiger partial charge < -0.3 is 10.6 Å². The molecule has 1 aliphatic rings. The summed E-state index contributed by atoms with van der Waals surface area (Å²) in [6.45, 7) is 10.2. The van der Waals surface area contributed by atoms with Crippen LogP contribution in [0.2, 0.25) is 0 Å². The minimum Gasteiger partial charge on any atom is -0.370 e. The van der Waals surface area contributed by atoms with Gasteiger partial charge in [0.1, 0.15) is 5.54 Å². The minimum atomic E-state index is -0.552. The van der Waals surface area contributed by atoms with Crippen molar-refractivity contribution >= 4 is 17.3 Å². The first-order valence-electron chi connectivity index (χ1n) is 5.95. The van der Waals surface area contributed by atoms with E-state index in [0.717, 1.165) is 16.9 Å². The lowest BCUT2D eigenvalue weighted by atomic mass is 9.84. The lowest BCUT2D eigenvalue weighted by Gasteiger charge is -2.36. The highest BCUT2D eigenvalue weighted by Gasteiger charge is 2.35. The third-order valence-corrected chi connectivity index (χ3v) is 3.13. The van der Waals surface area contributed by atoms with Crippen molar-refractivity contribution in [1.29, 1.82) is 0 Å². The number of carbonyl (C=O) groups excluding carboxylic acids is 1. The number of rotatable bonds is 0. The summed E-state index contributed by atoms with van der Waals surface area (Å²) in [7, 11) is 0. The molecule has 0 spiro atoms. The Bertz CT molecular complexity index is 470. The minimum absolute atomic E-state index is 0.0155. The Kier molecular flexibility index (Phi) is 2.45. The molecule has 0 fully saturated rings. The molecule has 0 atom stereocenters. The van der Waals surface area contributed by atoms with Gasteiger partial charge in [0.15, 0.2) is 0 Å². The van der Waals surface area contributed by atoms with Crippen molar-refractivity contribution < 1.29 is 4.79 Å². The predicted octanol–water partition coefficient (Wildman–Crippen LogP) is 3.13. The number of nitrogens with one attached hydrogen (secondary N) is 2. The van der Waals surface area contributed by atoms with Crippen molar-refractivity contribution in [2.24, 2.45) is 0 Å². The maximum atomic E-state index is 12.0. The van der Waals surface area contributed by atoms with Crippen molar-refractivity contribution in [1.82, 2.24) is 0 Å². The summed E-state index contributed by atoms with van der Waals surface area (Å²) in [6, 6.07) is 6.10. The standard InChI is InChI=1S/C14H20N2O/c1-13(2,3)9-7-6-8-10-11(9)15-12(17)14(4,5)16-10/h6-8,16H,1-5H3,(H,15,17). The van der Waals surface area contributed by atoms with Gasteiger partial charge in [-0.15, -0.1) is 0 Å². The molecule has 0 saturated heterocycles. The van der Waals surface area contributed by atoms with Crippen LogP contribution in [-0.2, 0) is 10.2 Å². The van der Waals surface area contributed by atoms with E-state index in [-0.39, 0.29) is 11.3 Å². The van der Waals surface area contributed by atoms with E-state index < -0.39 is 5.54 Å².